The Morgan fingerprint density at radius 2 is 1.94 bits per heavy atom. The number of esters is 1. The van der Waals surface area contributed by atoms with E-state index in [2.05, 4.69) is 10.4 Å². The molecule has 1 aromatic carbocycles. The van der Waals surface area contributed by atoms with Crippen LogP contribution in [0.25, 0.3) is 16.5 Å². The maximum absolute atomic E-state index is 13.4. The highest BCUT2D eigenvalue weighted by molar-refractivity contribution is 7.16. The summed E-state index contributed by atoms with van der Waals surface area (Å²) in [6.07, 6.45) is 7.22. The van der Waals surface area contributed by atoms with Crippen LogP contribution in [-0.4, -0.2) is 28.3 Å². The molecule has 1 fully saturated rings. The van der Waals surface area contributed by atoms with E-state index in [4.69, 9.17) is 4.74 Å². The Morgan fingerprint density at radius 3 is 2.64 bits per heavy atom. The molecule has 174 valence electrons. The average molecular weight is 472 g/mol. The van der Waals surface area contributed by atoms with Gasteiger partial charge in [0.25, 0.3) is 5.56 Å². The van der Waals surface area contributed by atoms with E-state index in [1.807, 2.05) is 0 Å². The zero-order valence-corrected chi connectivity index (χ0v) is 19.3. The SMILES string of the molecule is CCOC(=O)c1nn(-c2ccc(F)cc2)c(=O)c2c(NC(=O)CCC3CCCCC3)scc12. The fourth-order valence-corrected chi connectivity index (χ4v) is 5.20. The van der Waals surface area contributed by atoms with Crippen molar-refractivity contribution in [1.29, 1.82) is 0 Å². The first kappa shape index (κ1) is 23.1. The Bertz CT molecular complexity index is 1210. The van der Waals surface area contributed by atoms with Gasteiger partial charge in [-0.3, -0.25) is 9.59 Å². The first-order valence-electron chi connectivity index (χ1n) is 11.3. The highest BCUT2D eigenvalue weighted by Crippen LogP contribution is 2.32. The number of thiophene rings is 1. The van der Waals surface area contributed by atoms with Gasteiger partial charge in [-0.15, -0.1) is 11.3 Å². The lowest BCUT2D eigenvalue weighted by Crippen LogP contribution is -2.25. The van der Waals surface area contributed by atoms with Gasteiger partial charge in [-0.05, 0) is 43.5 Å². The minimum absolute atomic E-state index is 0.0327. The third-order valence-electron chi connectivity index (χ3n) is 5.95. The number of anilines is 1. The van der Waals surface area contributed by atoms with Crippen LogP contribution in [0.2, 0.25) is 0 Å². The molecule has 7 nitrogen and oxygen atoms in total. The van der Waals surface area contributed by atoms with Gasteiger partial charge >= 0.3 is 5.97 Å². The molecule has 9 heteroatoms. The monoisotopic (exact) mass is 471 g/mol. The number of hydrogen-bond donors (Lipinski definition) is 1. The zero-order chi connectivity index (χ0) is 23.4. The van der Waals surface area contributed by atoms with Crippen molar-refractivity contribution in [1.82, 2.24) is 9.78 Å². The van der Waals surface area contributed by atoms with E-state index in [-0.39, 0.29) is 23.6 Å². The number of carbonyl (C=O) groups excluding carboxylic acids is 2. The minimum atomic E-state index is -0.675. The Hall–Kier alpha value is -3.07. The van der Waals surface area contributed by atoms with Gasteiger partial charge in [-0.2, -0.15) is 9.78 Å². The number of halogens is 1. The van der Waals surface area contributed by atoms with Crippen molar-refractivity contribution in [2.45, 2.75) is 51.9 Å². The lowest BCUT2D eigenvalue weighted by molar-refractivity contribution is -0.116. The van der Waals surface area contributed by atoms with Crippen LogP contribution < -0.4 is 10.9 Å². The molecule has 1 aliphatic carbocycles. The highest BCUT2D eigenvalue weighted by Gasteiger charge is 2.23. The second kappa shape index (κ2) is 10.2. The molecule has 0 spiro atoms. The number of benzene rings is 1. The maximum Gasteiger partial charge on any atom is 0.359 e. The van der Waals surface area contributed by atoms with Crippen molar-refractivity contribution in [2.75, 3.05) is 11.9 Å². The molecule has 0 aliphatic heterocycles. The van der Waals surface area contributed by atoms with Crippen LogP contribution in [0.4, 0.5) is 9.39 Å². The summed E-state index contributed by atoms with van der Waals surface area (Å²) in [4.78, 5) is 38.6. The number of amides is 1. The molecule has 0 atom stereocenters. The lowest BCUT2D eigenvalue weighted by atomic mass is 9.86. The third kappa shape index (κ3) is 5.13. The summed E-state index contributed by atoms with van der Waals surface area (Å²) in [6.45, 7) is 1.82. The summed E-state index contributed by atoms with van der Waals surface area (Å²) in [5.41, 5.74) is -0.238. The number of nitrogens with zero attached hydrogens (tertiary/aromatic N) is 2. The quantitative estimate of drug-likeness (QED) is 0.486. The molecular weight excluding hydrogens is 445 g/mol. The molecule has 0 bridgehead atoms. The molecule has 0 unspecified atom stereocenters. The molecule has 4 rings (SSSR count). The predicted molar refractivity (Wildman–Crippen MR) is 126 cm³/mol. The number of hydrogen-bond acceptors (Lipinski definition) is 6. The highest BCUT2D eigenvalue weighted by atomic mass is 32.1. The van der Waals surface area contributed by atoms with Gasteiger partial charge in [0.05, 0.1) is 17.7 Å². The first-order chi connectivity index (χ1) is 16.0. The van der Waals surface area contributed by atoms with Gasteiger partial charge in [0.1, 0.15) is 10.8 Å². The number of nitrogens with one attached hydrogen (secondary N) is 1. The van der Waals surface area contributed by atoms with Gasteiger partial charge in [-0.25, -0.2) is 9.18 Å². The number of carbonyl (C=O) groups is 2. The van der Waals surface area contributed by atoms with Gasteiger partial charge in [0, 0.05) is 17.2 Å². The Kier molecular flexibility index (Phi) is 7.17. The predicted octanol–water partition coefficient (Wildman–Crippen LogP) is 5.06. The summed E-state index contributed by atoms with van der Waals surface area (Å²) in [6, 6.07) is 5.22. The van der Waals surface area contributed by atoms with E-state index in [9.17, 15) is 18.8 Å². The van der Waals surface area contributed by atoms with Gasteiger partial charge in [0.2, 0.25) is 5.91 Å². The number of aromatic nitrogens is 2. The van der Waals surface area contributed by atoms with Crippen molar-refractivity contribution in [3.05, 3.63) is 51.5 Å². The Labute approximate surface area is 194 Å². The first-order valence-corrected chi connectivity index (χ1v) is 12.1. The topological polar surface area (TPSA) is 90.3 Å². The second-order valence-electron chi connectivity index (χ2n) is 8.21. The van der Waals surface area contributed by atoms with Gasteiger partial charge < -0.3 is 10.1 Å². The number of rotatable bonds is 7. The van der Waals surface area contributed by atoms with E-state index >= 15 is 0 Å². The van der Waals surface area contributed by atoms with Gasteiger partial charge in [0.15, 0.2) is 5.69 Å². The largest absolute Gasteiger partial charge is 0.461 e. The fourth-order valence-electron chi connectivity index (χ4n) is 4.25. The van der Waals surface area contributed by atoms with Crippen molar-refractivity contribution < 1.29 is 18.7 Å². The average Bonchev–Trinajstić information content (AvgIpc) is 3.23. The molecule has 33 heavy (non-hydrogen) atoms. The minimum Gasteiger partial charge on any atom is -0.461 e. The Balaban J connectivity index is 1.68. The van der Waals surface area contributed by atoms with Crippen molar-refractivity contribution in [3.63, 3.8) is 0 Å². The molecule has 2 heterocycles. The van der Waals surface area contributed by atoms with E-state index < -0.39 is 17.3 Å². The molecule has 0 radical (unpaired) electrons. The van der Waals surface area contributed by atoms with E-state index in [0.29, 0.717) is 28.4 Å². The van der Waals surface area contributed by atoms with Crippen LogP contribution in [0.1, 0.15) is 62.4 Å². The Morgan fingerprint density at radius 1 is 1.21 bits per heavy atom. The van der Waals surface area contributed by atoms with Crippen LogP contribution in [-0.2, 0) is 9.53 Å². The van der Waals surface area contributed by atoms with Crippen LogP contribution >= 0.6 is 11.3 Å². The van der Waals surface area contributed by atoms with Crippen molar-refractivity contribution in [3.8, 4) is 5.69 Å². The summed E-state index contributed by atoms with van der Waals surface area (Å²) in [5.74, 6) is -0.724. The summed E-state index contributed by atoms with van der Waals surface area (Å²) in [7, 11) is 0. The van der Waals surface area contributed by atoms with Crippen molar-refractivity contribution in [2.24, 2.45) is 5.92 Å². The maximum atomic E-state index is 13.4. The lowest BCUT2D eigenvalue weighted by Gasteiger charge is -2.20. The summed E-state index contributed by atoms with van der Waals surface area (Å²) >= 11 is 1.17. The van der Waals surface area contributed by atoms with Crippen LogP contribution in [0, 0.1) is 11.7 Å². The molecule has 1 N–H and O–H groups in total. The smallest absolute Gasteiger partial charge is 0.359 e. The number of ether oxygens (including phenoxy) is 1. The summed E-state index contributed by atoms with van der Waals surface area (Å²) in [5, 5.41) is 9.57. The van der Waals surface area contributed by atoms with Gasteiger partial charge in [-0.1, -0.05) is 32.1 Å². The third-order valence-corrected chi connectivity index (χ3v) is 6.85. The van der Waals surface area contributed by atoms with Crippen LogP contribution in [0.5, 0.6) is 0 Å². The van der Waals surface area contributed by atoms with Crippen LogP contribution in [0.15, 0.2) is 34.4 Å². The molecule has 1 saturated carbocycles. The van der Waals surface area contributed by atoms with Crippen LogP contribution in [0.3, 0.4) is 0 Å². The van der Waals surface area contributed by atoms with E-state index in [1.54, 1.807) is 12.3 Å². The molecule has 1 aliphatic rings. The second-order valence-corrected chi connectivity index (χ2v) is 9.09. The summed E-state index contributed by atoms with van der Waals surface area (Å²) < 4.78 is 19.6. The molecule has 1 amide bonds. The standard InChI is InChI=1S/C24H26FN3O4S/c1-2-32-24(31)21-18-14-33-22(26-19(29)13-8-15-6-4-3-5-7-15)20(18)23(30)28(27-21)17-11-9-16(25)10-12-17/h9-12,14-15H,2-8,13H2,1H3,(H,26,29). The molecule has 2 aromatic heterocycles. The van der Waals surface area contributed by atoms with Crippen molar-refractivity contribution >= 4 is 39.0 Å². The number of fused-ring (bicyclic) bond motifs is 1. The fraction of sp³-hybridized carbons (Fsp3) is 0.417. The molecule has 0 saturated heterocycles. The normalized spacial score (nSPS) is 14.4. The zero-order valence-electron chi connectivity index (χ0n) is 18.4. The van der Waals surface area contributed by atoms with E-state index in [1.165, 1.54) is 54.9 Å². The molecular formula is C24H26FN3O4S. The van der Waals surface area contributed by atoms with E-state index in [0.717, 1.165) is 23.9 Å². The molecule has 3 aromatic rings.